The molecule has 4 rings (SSSR count). The minimum absolute atomic E-state index is 0.178. The number of para-hydroxylation sites is 2. The number of phenols is 2. The fraction of sp³-hybridized carbons (Fsp3) is 0.0714. The average molecular weight is 421 g/mol. The maximum absolute atomic E-state index is 10.2. The van der Waals surface area contributed by atoms with E-state index in [-0.39, 0.29) is 23.6 Å². The van der Waals surface area contributed by atoms with E-state index in [0.717, 1.165) is 11.1 Å². The van der Waals surface area contributed by atoms with Crippen molar-refractivity contribution < 1.29 is 10.2 Å². The third-order valence-electron chi connectivity index (χ3n) is 5.20. The number of hydrogen-bond acceptors (Lipinski definition) is 4. The molecule has 32 heavy (non-hydrogen) atoms. The van der Waals surface area contributed by atoms with Crippen molar-refractivity contribution in [3.05, 3.63) is 131 Å². The lowest BCUT2D eigenvalue weighted by Gasteiger charge is -2.22. The van der Waals surface area contributed by atoms with Crippen LogP contribution < -0.4 is 0 Å². The van der Waals surface area contributed by atoms with Gasteiger partial charge in [0.2, 0.25) is 0 Å². The zero-order chi connectivity index (χ0) is 22.2. The van der Waals surface area contributed by atoms with Gasteiger partial charge in [0.25, 0.3) is 0 Å². The van der Waals surface area contributed by atoms with Crippen molar-refractivity contribution in [2.75, 3.05) is 0 Å². The minimum atomic E-state index is -0.333. The van der Waals surface area contributed by atoms with Gasteiger partial charge < -0.3 is 10.2 Å². The molecule has 2 atom stereocenters. The molecule has 0 aliphatic heterocycles. The minimum Gasteiger partial charge on any atom is -0.507 e. The monoisotopic (exact) mass is 420 g/mol. The van der Waals surface area contributed by atoms with E-state index in [4.69, 9.17) is 9.98 Å². The molecule has 0 aliphatic rings. The first-order chi connectivity index (χ1) is 15.7. The fourth-order valence-electron chi connectivity index (χ4n) is 3.51. The quantitative estimate of drug-likeness (QED) is 0.354. The molecule has 0 aliphatic carbocycles. The Kier molecular flexibility index (Phi) is 6.73. The highest BCUT2D eigenvalue weighted by atomic mass is 16.3. The molecule has 0 radical (unpaired) electrons. The summed E-state index contributed by atoms with van der Waals surface area (Å²) >= 11 is 0. The molecule has 4 aromatic rings. The summed E-state index contributed by atoms with van der Waals surface area (Å²) in [5, 5.41) is 20.4. The van der Waals surface area contributed by atoms with Gasteiger partial charge in [-0.2, -0.15) is 0 Å². The van der Waals surface area contributed by atoms with E-state index < -0.39 is 0 Å². The zero-order valence-corrected chi connectivity index (χ0v) is 17.5. The molecular formula is C28H24N2O2. The van der Waals surface area contributed by atoms with Gasteiger partial charge in [0.1, 0.15) is 23.6 Å². The number of benzene rings is 4. The fourth-order valence-corrected chi connectivity index (χ4v) is 3.51. The summed E-state index contributed by atoms with van der Waals surface area (Å²) < 4.78 is 0. The van der Waals surface area contributed by atoms with Crippen molar-refractivity contribution in [2.24, 2.45) is 9.98 Å². The van der Waals surface area contributed by atoms with E-state index in [0.29, 0.717) is 11.1 Å². The van der Waals surface area contributed by atoms with E-state index in [1.165, 1.54) is 0 Å². The van der Waals surface area contributed by atoms with Crippen LogP contribution in [0, 0.1) is 0 Å². The summed E-state index contributed by atoms with van der Waals surface area (Å²) in [6, 6.07) is 33.5. The van der Waals surface area contributed by atoms with E-state index in [1.54, 1.807) is 36.7 Å². The normalized spacial score (nSPS) is 13.4. The number of hydrogen-bond donors (Lipinski definition) is 2. The third-order valence-corrected chi connectivity index (χ3v) is 5.20. The number of rotatable bonds is 7. The summed E-state index contributed by atoms with van der Waals surface area (Å²) in [6.07, 6.45) is 3.39. The SMILES string of the molecule is Oc1ccccc1C=N[C@@H](c1ccccc1)[C@@H](N=Cc1ccccc1O)c1ccccc1. The van der Waals surface area contributed by atoms with Crippen LogP contribution >= 0.6 is 0 Å². The standard InChI is InChI=1S/C28H24N2O2/c31-25-17-9-7-15-23(25)19-29-27(21-11-3-1-4-12-21)28(22-13-5-2-6-14-22)30-20-24-16-8-10-18-26(24)32/h1-20,27-28,31-32H/t27-,28-/m0/s1. The highest BCUT2D eigenvalue weighted by molar-refractivity contribution is 5.84. The molecular weight excluding hydrogens is 396 g/mol. The Morgan fingerprint density at radius 1 is 0.469 bits per heavy atom. The third kappa shape index (κ3) is 5.10. The summed E-state index contributed by atoms with van der Waals surface area (Å²) in [5.41, 5.74) is 3.29. The summed E-state index contributed by atoms with van der Waals surface area (Å²) in [7, 11) is 0. The number of nitrogens with zero attached hydrogens (tertiary/aromatic N) is 2. The molecule has 0 saturated heterocycles. The van der Waals surface area contributed by atoms with Gasteiger partial charge in [0.15, 0.2) is 0 Å². The molecule has 158 valence electrons. The number of phenolic OH excluding ortho intramolecular Hbond substituents is 2. The van der Waals surface area contributed by atoms with Crippen LogP contribution in [0.2, 0.25) is 0 Å². The predicted octanol–water partition coefficient (Wildman–Crippen LogP) is 6.12. The smallest absolute Gasteiger partial charge is 0.124 e. The van der Waals surface area contributed by atoms with Crippen LogP contribution in [0.5, 0.6) is 11.5 Å². The Bertz CT molecular complexity index is 1110. The summed E-state index contributed by atoms with van der Waals surface area (Å²) in [4.78, 5) is 9.75. The molecule has 0 fully saturated rings. The number of aromatic hydroxyl groups is 2. The zero-order valence-electron chi connectivity index (χ0n) is 17.5. The van der Waals surface area contributed by atoms with Crippen LogP contribution in [0.25, 0.3) is 0 Å². The highest BCUT2D eigenvalue weighted by Crippen LogP contribution is 2.36. The van der Waals surface area contributed by atoms with E-state index in [2.05, 4.69) is 0 Å². The molecule has 4 nitrogen and oxygen atoms in total. The van der Waals surface area contributed by atoms with Gasteiger partial charge in [0.05, 0.1) is 0 Å². The molecule has 0 amide bonds. The van der Waals surface area contributed by atoms with Crippen LogP contribution in [-0.2, 0) is 0 Å². The summed E-state index contributed by atoms with van der Waals surface area (Å²) in [5.74, 6) is 0.356. The van der Waals surface area contributed by atoms with Gasteiger partial charge >= 0.3 is 0 Å². The lowest BCUT2D eigenvalue weighted by atomic mass is 9.94. The van der Waals surface area contributed by atoms with Crippen LogP contribution in [0.4, 0.5) is 0 Å². The lowest BCUT2D eigenvalue weighted by Crippen LogP contribution is -2.09. The van der Waals surface area contributed by atoms with Crippen LogP contribution in [-0.4, -0.2) is 22.6 Å². The second kappa shape index (κ2) is 10.2. The second-order valence-electron chi connectivity index (χ2n) is 7.39. The van der Waals surface area contributed by atoms with Crippen molar-refractivity contribution in [3.63, 3.8) is 0 Å². The Hall–Kier alpha value is -4.18. The van der Waals surface area contributed by atoms with Gasteiger partial charge in [-0.3, -0.25) is 9.98 Å². The first-order valence-corrected chi connectivity index (χ1v) is 10.4. The van der Waals surface area contributed by atoms with Crippen LogP contribution in [0.15, 0.2) is 119 Å². The number of aliphatic imine (C=N–C) groups is 2. The molecule has 0 unspecified atom stereocenters. The van der Waals surface area contributed by atoms with Gasteiger partial charge in [-0.05, 0) is 35.4 Å². The first kappa shape index (κ1) is 21.1. The maximum atomic E-state index is 10.2. The Morgan fingerprint density at radius 3 is 1.19 bits per heavy atom. The van der Waals surface area contributed by atoms with Crippen molar-refractivity contribution in [3.8, 4) is 11.5 Å². The van der Waals surface area contributed by atoms with E-state index >= 15 is 0 Å². The van der Waals surface area contributed by atoms with E-state index in [1.807, 2.05) is 84.9 Å². The topological polar surface area (TPSA) is 65.2 Å². The molecule has 4 heteroatoms. The van der Waals surface area contributed by atoms with Crippen LogP contribution in [0.3, 0.4) is 0 Å². The van der Waals surface area contributed by atoms with E-state index in [9.17, 15) is 10.2 Å². The first-order valence-electron chi connectivity index (χ1n) is 10.4. The Labute approximate surface area is 187 Å². The van der Waals surface area contributed by atoms with Crippen molar-refractivity contribution in [1.29, 1.82) is 0 Å². The lowest BCUT2D eigenvalue weighted by molar-refractivity contribution is 0.473. The molecule has 0 aromatic heterocycles. The van der Waals surface area contributed by atoms with Crippen molar-refractivity contribution in [1.82, 2.24) is 0 Å². The summed E-state index contributed by atoms with van der Waals surface area (Å²) in [6.45, 7) is 0. The molecule has 4 aromatic carbocycles. The molecule has 0 spiro atoms. The highest BCUT2D eigenvalue weighted by Gasteiger charge is 2.23. The molecule has 2 N–H and O–H groups in total. The van der Waals surface area contributed by atoms with Crippen LogP contribution in [0.1, 0.15) is 34.3 Å². The molecule has 0 saturated carbocycles. The molecule has 0 heterocycles. The Balaban J connectivity index is 1.79. The van der Waals surface area contributed by atoms with Gasteiger partial charge in [0, 0.05) is 23.6 Å². The maximum Gasteiger partial charge on any atom is 0.124 e. The average Bonchev–Trinajstić information content (AvgIpc) is 2.84. The Morgan fingerprint density at radius 2 is 0.812 bits per heavy atom. The van der Waals surface area contributed by atoms with Gasteiger partial charge in [-0.1, -0.05) is 84.9 Å². The van der Waals surface area contributed by atoms with Gasteiger partial charge in [-0.25, -0.2) is 0 Å². The second-order valence-corrected chi connectivity index (χ2v) is 7.39. The molecule has 0 bridgehead atoms. The van der Waals surface area contributed by atoms with Crippen molar-refractivity contribution in [2.45, 2.75) is 12.1 Å². The largest absolute Gasteiger partial charge is 0.507 e. The van der Waals surface area contributed by atoms with Crippen molar-refractivity contribution >= 4 is 12.4 Å². The van der Waals surface area contributed by atoms with Gasteiger partial charge in [-0.15, -0.1) is 0 Å². The predicted molar refractivity (Wildman–Crippen MR) is 130 cm³/mol.